The number of carbonyl (C=O) groups is 2. The number of fused-ring (bicyclic) bond motifs is 3. The lowest BCUT2D eigenvalue weighted by molar-refractivity contribution is -0.112. The highest BCUT2D eigenvalue weighted by atomic mass is 16.2. The minimum atomic E-state index is -0.555. The zero-order valence-corrected chi connectivity index (χ0v) is 11.1. The number of benzene rings is 3. The van der Waals surface area contributed by atoms with Crippen LogP contribution in [0, 0.1) is 0 Å². The van der Waals surface area contributed by atoms with E-state index in [0.29, 0.717) is 11.3 Å². The molecule has 0 unspecified atom stereocenters. The molecule has 100 valence electrons. The molecule has 0 aliphatic carbocycles. The van der Waals surface area contributed by atoms with Crippen LogP contribution >= 0.6 is 0 Å². The van der Waals surface area contributed by atoms with E-state index in [1.807, 2.05) is 60.7 Å². The van der Waals surface area contributed by atoms with Gasteiger partial charge in [-0.1, -0.05) is 54.6 Å². The van der Waals surface area contributed by atoms with Gasteiger partial charge in [-0.2, -0.15) is 0 Å². The van der Waals surface area contributed by atoms with Crippen LogP contribution in [0.2, 0.25) is 0 Å². The molecule has 0 bridgehead atoms. The van der Waals surface area contributed by atoms with Gasteiger partial charge in [-0.05, 0) is 22.6 Å². The SMILES string of the molecule is O=C1Nc2c(cc(-c3ccccc3)c3ccccc23)C1=O. The Kier molecular flexibility index (Phi) is 2.42. The number of carbonyl (C=O) groups excluding carboxylic acids is 2. The summed E-state index contributed by atoms with van der Waals surface area (Å²) in [4.78, 5) is 23.7. The topological polar surface area (TPSA) is 46.2 Å². The van der Waals surface area contributed by atoms with Crippen molar-refractivity contribution in [3.63, 3.8) is 0 Å². The molecule has 1 N–H and O–H groups in total. The summed E-state index contributed by atoms with van der Waals surface area (Å²) in [5, 5.41) is 4.60. The third kappa shape index (κ3) is 1.68. The highest BCUT2D eigenvalue weighted by molar-refractivity contribution is 6.53. The average Bonchev–Trinajstić information content (AvgIpc) is 2.83. The fourth-order valence-corrected chi connectivity index (χ4v) is 2.84. The summed E-state index contributed by atoms with van der Waals surface area (Å²) in [5.41, 5.74) is 3.08. The summed E-state index contributed by atoms with van der Waals surface area (Å²) in [6.07, 6.45) is 0. The molecule has 0 spiro atoms. The van der Waals surface area contributed by atoms with Crippen molar-refractivity contribution in [3.05, 3.63) is 66.2 Å². The lowest BCUT2D eigenvalue weighted by Gasteiger charge is -2.10. The largest absolute Gasteiger partial charge is 0.318 e. The quantitative estimate of drug-likeness (QED) is 0.688. The summed E-state index contributed by atoms with van der Waals surface area (Å²) in [6.45, 7) is 0. The second kappa shape index (κ2) is 4.28. The van der Waals surface area contributed by atoms with Crippen LogP contribution < -0.4 is 5.32 Å². The standard InChI is InChI=1S/C18H11NO2/c20-17-15-10-14(11-6-2-1-3-7-11)12-8-4-5-9-13(12)16(15)19-18(17)21/h1-10H,(H,19,20,21). The first kappa shape index (κ1) is 11.9. The van der Waals surface area contributed by atoms with E-state index in [1.54, 1.807) is 0 Å². The summed E-state index contributed by atoms with van der Waals surface area (Å²) in [6, 6.07) is 19.5. The number of anilines is 1. The lowest BCUT2D eigenvalue weighted by Crippen LogP contribution is -2.12. The van der Waals surface area contributed by atoms with Crippen LogP contribution in [0.5, 0.6) is 0 Å². The predicted molar refractivity (Wildman–Crippen MR) is 82.3 cm³/mol. The molecular formula is C18H11NO2. The molecule has 1 amide bonds. The van der Waals surface area contributed by atoms with Crippen molar-refractivity contribution in [3.8, 4) is 11.1 Å². The fraction of sp³-hybridized carbons (Fsp3) is 0. The van der Waals surface area contributed by atoms with E-state index in [9.17, 15) is 9.59 Å². The van der Waals surface area contributed by atoms with E-state index >= 15 is 0 Å². The van der Waals surface area contributed by atoms with Gasteiger partial charge in [-0.25, -0.2) is 0 Å². The first-order valence-electron chi connectivity index (χ1n) is 6.72. The van der Waals surface area contributed by atoms with Gasteiger partial charge in [0.1, 0.15) is 0 Å². The van der Waals surface area contributed by atoms with Gasteiger partial charge in [0.25, 0.3) is 11.7 Å². The van der Waals surface area contributed by atoms with Crippen LogP contribution in [0.25, 0.3) is 21.9 Å². The molecule has 3 aromatic carbocycles. The van der Waals surface area contributed by atoms with Crippen LogP contribution in [-0.4, -0.2) is 11.7 Å². The highest BCUT2D eigenvalue weighted by Crippen LogP contribution is 2.38. The Labute approximate surface area is 121 Å². The van der Waals surface area contributed by atoms with Gasteiger partial charge in [0.05, 0.1) is 11.3 Å². The maximum Gasteiger partial charge on any atom is 0.296 e. The van der Waals surface area contributed by atoms with Crippen molar-refractivity contribution in [2.75, 3.05) is 5.32 Å². The van der Waals surface area contributed by atoms with Gasteiger partial charge in [0.15, 0.2) is 0 Å². The Bertz CT molecular complexity index is 898. The Balaban J connectivity index is 2.12. The summed E-state index contributed by atoms with van der Waals surface area (Å²) in [5.74, 6) is -1.02. The Morgan fingerprint density at radius 2 is 1.38 bits per heavy atom. The monoisotopic (exact) mass is 273 g/mol. The van der Waals surface area contributed by atoms with Gasteiger partial charge < -0.3 is 5.32 Å². The molecule has 0 atom stereocenters. The smallest absolute Gasteiger partial charge is 0.296 e. The molecule has 1 heterocycles. The normalized spacial score (nSPS) is 13.3. The molecule has 0 radical (unpaired) electrons. The molecular weight excluding hydrogens is 262 g/mol. The van der Waals surface area contributed by atoms with Gasteiger partial charge in [0, 0.05) is 5.39 Å². The average molecular weight is 273 g/mol. The predicted octanol–water partition coefficient (Wildman–Crippen LogP) is 3.64. The van der Waals surface area contributed by atoms with E-state index < -0.39 is 11.7 Å². The van der Waals surface area contributed by atoms with Crippen molar-refractivity contribution in [2.24, 2.45) is 0 Å². The number of amides is 1. The number of nitrogens with one attached hydrogen (secondary N) is 1. The van der Waals surface area contributed by atoms with Crippen LogP contribution in [0.3, 0.4) is 0 Å². The summed E-state index contributed by atoms with van der Waals surface area (Å²) < 4.78 is 0. The van der Waals surface area contributed by atoms with Gasteiger partial charge in [0.2, 0.25) is 0 Å². The zero-order chi connectivity index (χ0) is 14.4. The van der Waals surface area contributed by atoms with Crippen LogP contribution in [0.4, 0.5) is 5.69 Å². The maximum atomic E-state index is 12.0. The number of ketones is 1. The van der Waals surface area contributed by atoms with Crippen molar-refractivity contribution in [1.82, 2.24) is 0 Å². The van der Waals surface area contributed by atoms with Crippen LogP contribution in [0.15, 0.2) is 60.7 Å². The first-order chi connectivity index (χ1) is 10.3. The molecule has 3 nitrogen and oxygen atoms in total. The van der Waals surface area contributed by atoms with E-state index in [4.69, 9.17) is 0 Å². The van der Waals surface area contributed by atoms with Crippen LogP contribution in [0.1, 0.15) is 10.4 Å². The third-order valence-corrected chi connectivity index (χ3v) is 3.82. The molecule has 0 aromatic heterocycles. The molecule has 1 aliphatic heterocycles. The van der Waals surface area contributed by atoms with Crippen LogP contribution in [-0.2, 0) is 4.79 Å². The third-order valence-electron chi connectivity index (χ3n) is 3.82. The Morgan fingerprint density at radius 1 is 0.714 bits per heavy atom. The molecule has 0 saturated carbocycles. The minimum Gasteiger partial charge on any atom is -0.318 e. The summed E-state index contributed by atoms with van der Waals surface area (Å²) >= 11 is 0. The Morgan fingerprint density at radius 3 is 2.14 bits per heavy atom. The second-order valence-corrected chi connectivity index (χ2v) is 5.04. The molecule has 4 rings (SSSR count). The van der Waals surface area contributed by atoms with E-state index in [0.717, 1.165) is 21.9 Å². The fourth-order valence-electron chi connectivity index (χ4n) is 2.84. The highest BCUT2D eigenvalue weighted by Gasteiger charge is 2.30. The lowest BCUT2D eigenvalue weighted by atomic mass is 9.94. The number of hydrogen-bond acceptors (Lipinski definition) is 2. The maximum absolute atomic E-state index is 12.0. The molecule has 1 aliphatic rings. The van der Waals surface area contributed by atoms with Crippen molar-refractivity contribution >= 4 is 28.2 Å². The number of rotatable bonds is 1. The molecule has 0 fully saturated rings. The van der Waals surface area contributed by atoms with E-state index in [2.05, 4.69) is 5.32 Å². The minimum absolute atomic E-state index is 0.456. The second-order valence-electron chi connectivity index (χ2n) is 5.04. The number of hydrogen-bond donors (Lipinski definition) is 1. The number of Topliss-reactive ketones (excluding diaryl/α,β-unsaturated/α-hetero) is 1. The van der Waals surface area contributed by atoms with E-state index in [-0.39, 0.29) is 0 Å². The molecule has 3 aromatic rings. The van der Waals surface area contributed by atoms with Crippen molar-refractivity contribution < 1.29 is 9.59 Å². The van der Waals surface area contributed by atoms with Crippen molar-refractivity contribution in [2.45, 2.75) is 0 Å². The molecule has 3 heteroatoms. The van der Waals surface area contributed by atoms with Gasteiger partial charge in [-0.15, -0.1) is 0 Å². The zero-order valence-electron chi connectivity index (χ0n) is 11.1. The Hall–Kier alpha value is -2.94. The van der Waals surface area contributed by atoms with Gasteiger partial charge in [-0.3, -0.25) is 9.59 Å². The van der Waals surface area contributed by atoms with Gasteiger partial charge >= 0.3 is 0 Å². The first-order valence-corrected chi connectivity index (χ1v) is 6.72. The summed E-state index contributed by atoms with van der Waals surface area (Å²) in [7, 11) is 0. The molecule has 0 saturated heterocycles. The molecule has 21 heavy (non-hydrogen) atoms. The van der Waals surface area contributed by atoms with E-state index in [1.165, 1.54) is 0 Å². The van der Waals surface area contributed by atoms with Crippen molar-refractivity contribution in [1.29, 1.82) is 0 Å².